The third-order valence-corrected chi connectivity index (χ3v) is 7.55. The third kappa shape index (κ3) is 4.75. The van der Waals surface area contributed by atoms with E-state index >= 15 is 0 Å². The van der Waals surface area contributed by atoms with Gasteiger partial charge in [-0.15, -0.1) is 0 Å². The number of rotatable bonds is 6. The molecule has 0 bridgehead atoms. The van der Waals surface area contributed by atoms with Crippen molar-refractivity contribution in [3.05, 3.63) is 59.7 Å². The Kier molecular flexibility index (Phi) is 6.47. The maximum absolute atomic E-state index is 12.7. The van der Waals surface area contributed by atoms with Gasteiger partial charge in [0.1, 0.15) is 12.6 Å². The van der Waals surface area contributed by atoms with Crippen molar-refractivity contribution in [2.24, 2.45) is 5.92 Å². The molecular formula is C27H30N2O6. The second kappa shape index (κ2) is 9.70. The van der Waals surface area contributed by atoms with Crippen LogP contribution in [-0.2, 0) is 14.3 Å². The molecule has 2 aliphatic carbocycles. The molecule has 8 nitrogen and oxygen atoms in total. The van der Waals surface area contributed by atoms with E-state index in [-0.39, 0.29) is 49.8 Å². The van der Waals surface area contributed by atoms with Gasteiger partial charge in [0, 0.05) is 31.3 Å². The van der Waals surface area contributed by atoms with E-state index < -0.39 is 24.2 Å². The van der Waals surface area contributed by atoms with Crippen molar-refractivity contribution in [3.63, 3.8) is 0 Å². The van der Waals surface area contributed by atoms with E-state index in [9.17, 15) is 24.6 Å². The summed E-state index contributed by atoms with van der Waals surface area (Å²) in [5.41, 5.74) is 4.67. The lowest BCUT2D eigenvalue weighted by atomic mass is 9.98. The third-order valence-electron chi connectivity index (χ3n) is 7.55. The number of carbonyl (C=O) groups is 3. The van der Waals surface area contributed by atoms with Crippen LogP contribution in [0.25, 0.3) is 11.1 Å². The molecule has 1 aliphatic heterocycles. The molecule has 1 heterocycles. The number of nitrogens with zero attached hydrogens (tertiary/aromatic N) is 1. The van der Waals surface area contributed by atoms with Crippen molar-refractivity contribution in [2.75, 3.05) is 13.2 Å². The molecule has 4 atom stereocenters. The number of carbonyl (C=O) groups excluding carboxylic acids is 2. The molecule has 0 radical (unpaired) electrons. The number of alkyl carbamates (subject to hydrolysis) is 1. The number of ether oxygens (including phenoxy) is 1. The number of β-amino-alcohol motifs (C(OH)–C–C–N with tert-alkyl or cyclic N) is 1. The number of carboxylic acid groups (broad SMARTS) is 1. The Morgan fingerprint density at radius 3 is 2.29 bits per heavy atom. The average Bonchev–Trinajstić information content (AvgIpc) is 3.53. The van der Waals surface area contributed by atoms with E-state index in [1.165, 1.54) is 16.0 Å². The van der Waals surface area contributed by atoms with Crippen molar-refractivity contribution in [1.29, 1.82) is 0 Å². The van der Waals surface area contributed by atoms with E-state index in [0.717, 1.165) is 24.0 Å². The maximum atomic E-state index is 12.7. The van der Waals surface area contributed by atoms with Crippen LogP contribution >= 0.6 is 0 Å². The number of fused-ring (bicyclic) bond motifs is 3. The number of hydrogen-bond acceptors (Lipinski definition) is 5. The number of amides is 2. The van der Waals surface area contributed by atoms with Gasteiger partial charge in [0.25, 0.3) is 0 Å². The Morgan fingerprint density at radius 2 is 1.63 bits per heavy atom. The highest BCUT2D eigenvalue weighted by Crippen LogP contribution is 2.44. The van der Waals surface area contributed by atoms with Gasteiger partial charge in [0.2, 0.25) is 5.91 Å². The second-order valence-corrected chi connectivity index (χ2v) is 9.84. The summed E-state index contributed by atoms with van der Waals surface area (Å²) in [5, 5.41) is 22.0. The van der Waals surface area contributed by atoms with Crippen LogP contribution in [0, 0.1) is 5.92 Å². The summed E-state index contributed by atoms with van der Waals surface area (Å²) in [6.07, 6.45) is 1.19. The molecule has 0 aromatic heterocycles. The lowest BCUT2D eigenvalue weighted by Crippen LogP contribution is -2.41. The van der Waals surface area contributed by atoms with Gasteiger partial charge in [0.15, 0.2) is 0 Å². The Bertz CT molecular complexity index is 1090. The minimum absolute atomic E-state index is 0.0000843. The van der Waals surface area contributed by atoms with E-state index in [1.54, 1.807) is 0 Å². The normalized spacial score (nSPS) is 25.2. The highest BCUT2D eigenvalue weighted by molar-refractivity contribution is 5.84. The summed E-state index contributed by atoms with van der Waals surface area (Å²) in [5.74, 6) is -1.27. The van der Waals surface area contributed by atoms with Crippen LogP contribution < -0.4 is 5.32 Å². The smallest absolute Gasteiger partial charge is 0.407 e. The zero-order valence-corrected chi connectivity index (χ0v) is 19.4. The topological polar surface area (TPSA) is 116 Å². The molecule has 2 aromatic carbocycles. The molecule has 2 aromatic rings. The van der Waals surface area contributed by atoms with E-state index in [2.05, 4.69) is 29.6 Å². The van der Waals surface area contributed by atoms with Crippen molar-refractivity contribution in [3.8, 4) is 11.1 Å². The zero-order valence-electron chi connectivity index (χ0n) is 19.4. The number of aliphatic carboxylic acids is 1. The van der Waals surface area contributed by atoms with E-state index in [1.807, 2.05) is 24.3 Å². The lowest BCUT2D eigenvalue weighted by molar-refractivity contribution is -0.148. The molecule has 0 unspecified atom stereocenters. The number of aliphatic hydroxyl groups is 1. The molecule has 3 N–H and O–H groups in total. The summed E-state index contributed by atoms with van der Waals surface area (Å²) >= 11 is 0. The molecule has 35 heavy (non-hydrogen) atoms. The summed E-state index contributed by atoms with van der Waals surface area (Å²) in [6, 6.07) is 15.3. The molecular weight excluding hydrogens is 448 g/mol. The second-order valence-electron chi connectivity index (χ2n) is 9.84. The summed E-state index contributed by atoms with van der Waals surface area (Å²) in [6.45, 7) is 0.312. The van der Waals surface area contributed by atoms with Crippen LogP contribution in [0.2, 0.25) is 0 Å². The molecule has 5 rings (SSSR count). The van der Waals surface area contributed by atoms with Gasteiger partial charge in [-0.25, -0.2) is 9.59 Å². The summed E-state index contributed by atoms with van der Waals surface area (Å²) in [7, 11) is 0. The van der Waals surface area contributed by atoms with E-state index in [0.29, 0.717) is 6.42 Å². The van der Waals surface area contributed by atoms with Gasteiger partial charge >= 0.3 is 12.1 Å². The maximum Gasteiger partial charge on any atom is 0.407 e. The summed E-state index contributed by atoms with van der Waals surface area (Å²) < 4.78 is 5.63. The monoisotopic (exact) mass is 478 g/mol. The van der Waals surface area contributed by atoms with Crippen molar-refractivity contribution in [2.45, 2.75) is 56.2 Å². The number of hydrogen-bond donors (Lipinski definition) is 3. The minimum Gasteiger partial charge on any atom is -0.480 e. The van der Waals surface area contributed by atoms with Gasteiger partial charge in [-0.3, -0.25) is 4.79 Å². The van der Waals surface area contributed by atoms with Crippen molar-refractivity contribution in [1.82, 2.24) is 10.2 Å². The fourth-order valence-electron chi connectivity index (χ4n) is 5.89. The Balaban J connectivity index is 1.12. The number of nitrogens with one attached hydrogen (secondary N) is 1. The number of benzene rings is 2. The van der Waals surface area contributed by atoms with Crippen LogP contribution in [0.1, 0.15) is 49.1 Å². The number of aliphatic hydroxyl groups excluding tert-OH is 1. The Labute approximate surface area is 203 Å². The first-order valence-corrected chi connectivity index (χ1v) is 12.2. The standard InChI is InChI=1S/C27H30N2O6/c30-18-13-24(26(32)33)29(14-18)25(31)12-16-9-10-17(11-16)28-27(34)35-15-23-21-7-3-1-5-19(21)20-6-2-4-8-22(20)23/h1-8,16-18,23-24,30H,9-15H2,(H,28,34)(H,32,33)/t16-,17+,18-,24-/m0/s1. The van der Waals surface area contributed by atoms with Crippen LogP contribution in [0.5, 0.6) is 0 Å². The van der Waals surface area contributed by atoms with Crippen LogP contribution in [0.3, 0.4) is 0 Å². The average molecular weight is 479 g/mol. The first-order valence-electron chi connectivity index (χ1n) is 12.2. The molecule has 1 saturated carbocycles. The van der Waals surface area contributed by atoms with Crippen molar-refractivity contribution < 1.29 is 29.3 Å². The molecule has 1 saturated heterocycles. The molecule has 2 amide bonds. The van der Waals surface area contributed by atoms with Crippen molar-refractivity contribution >= 4 is 18.0 Å². The first-order chi connectivity index (χ1) is 16.9. The Hall–Kier alpha value is -3.39. The quantitative estimate of drug-likeness (QED) is 0.588. The predicted molar refractivity (Wildman–Crippen MR) is 128 cm³/mol. The molecule has 2 fully saturated rings. The van der Waals surface area contributed by atoms with Gasteiger partial charge in [0.05, 0.1) is 6.10 Å². The van der Waals surface area contributed by atoms with Gasteiger partial charge in [-0.2, -0.15) is 0 Å². The first kappa shape index (κ1) is 23.4. The zero-order chi connectivity index (χ0) is 24.5. The summed E-state index contributed by atoms with van der Waals surface area (Å²) in [4.78, 5) is 37.9. The lowest BCUT2D eigenvalue weighted by Gasteiger charge is -2.23. The van der Waals surface area contributed by atoms with Crippen LogP contribution in [0.15, 0.2) is 48.5 Å². The Morgan fingerprint density at radius 1 is 0.971 bits per heavy atom. The fraction of sp³-hybridized carbons (Fsp3) is 0.444. The fourth-order valence-corrected chi connectivity index (χ4v) is 5.89. The van der Waals surface area contributed by atoms with E-state index in [4.69, 9.17) is 4.74 Å². The number of likely N-dealkylation sites (tertiary alicyclic amines) is 1. The highest BCUT2D eigenvalue weighted by Gasteiger charge is 2.40. The number of carboxylic acids is 1. The predicted octanol–water partition coefficient (Wildman–Crippen LogP) is 3.13. The SMILES string of the molecule is O=C(N[C@@H]1CC[C@H](CC(=O)N2C[C@@H](O)C[C@H]2C(=O)O)C1)OCC1c2ccccc2-c2ccccc21. The molecule has 3 aliphatic rings. The minimum atomic E-state index is -1.09. The van der Waals surface area contributed by atoms with Gasteiger partial charge in [-0.1, -0.05) is 48.5 Å². The van der Waals surface area contributed by atoms with Crippen LogP contribution in [-0.4, -0.2) is 64.4 Å². The molecule has 0 spiro atoms. The highest BCUT2D eigenvalue weighted by atomic mass is 16.5. The molecule has 184 valence electrons. The van der Waals surface area contributed by atoms with Gasteiger partial charge in [-0.05, 0) is 47.4 Å². The molecule has 8 heteroatoms. The van der Waals surface area contributed by atoms with Crippen LogP contribution in [0.4, 0.5) is 4.79 Å². The largest absolute Gasteiger partial charge is 0.480 e. The van der Waals surface area contributed by atoms with Gasteiger partial charge < -0.3 is 25.2 Å².